The van der Waals surface area contributed by atoms with E-state index in [1.165, 1.54) is 18.5 Å². The van der Waals surface area contributed by atoms with E-state index in [9.17, 15) is 4.79 Å². The Morgan fingerprint density at radius 1 is 1.50 bits per heavy atom. The second kappa shape index (κ2) is 4.31. The molecule has 2 aromatic rings. The highest BCUT2D eigenvalue weighted by atomic mass is 32.2. The molecule has 2 aromatic heterocycles. The van der Waals surface area contributed by atoms with E-state index in [-0.39, 0.29) is 5.56 Å². The SMILES string of the molecule is Cc1nnc(Sc2cnccc2C(=O)O)o1. The Bertz CT molecular complexity index is 526. The lowest BCUT2D eigenvalue weighted by Crippen LogP contribution is -1.98. The van der Waals surface area contributed by atoms with Gasteiger partial charge in [0, 0.05) is 24.2 Å². The maximum Gasteiger partial charge on any atom is 0.336 e. The number of carbonyl (C=O) groups is 1. The maximum atomic E-state index is 10.9. The summed E-state index contributed by atoms with van der Waals surface area (Å²) in [5.41, 5.74) is 0.163. The summed E-state index contributed by atoms with van der Waals surface area (Å²) in [7, 11) is 0. The van der Waals surface area contributed by atoms with Gasteiger partial charge in [-0.3, -0.25) is 4.98 Å². The van der Waals surface area contributed by atoms with Crippen LogP contribution in [-0.4, -0.2) is 26.3 Å². The first-order valence-corrected chi connectivity index (χ1v) is 5.14. The van der Waals surface area contributed by atoms with Crippen molar-refractivity contribution >= 4 is 17.7 Å². The molecule has 0 aliphatic heterocycles. The summed E-state index contributed by atoms with van der Waals surface area (Å²) in [5, 5.41) is 16.7. The molecule has 0 bridgehead atoms. The number of aryl methyl sites for hydroxylation is 1. The highest BCUT2D eigenvalue weighted by molar-refractivity contribution is 7.99. The summed E-state index contributed by atoms with van der Waals surface area (Å²) in [4.78, 5) is 15.2. The van der Waals surface area contributed by atoms with Crippen molar-refractivity contribution in [2.45, 2.75) is 17.0 Å². The van der Waals surface area contributed by atoms with Gasteiger partial charge in [0.25, 0.3) is 5.22 Å². The molecule has 0 spiro atoms. The van der Waals surface area contributed by atoms with E-state index in [0.717, 1.165) is 11.8 Å². The third-order valence-electron chi connectivity index (χ3n) is 1.72. The van der Waals surface area contributed by atoms with Crippen molar-refractivity contribution in [1.82, 2.24) is 15.2 Å². The first kappa shape index (κ1) is 10.6. The zero-order valence-corrected chi connectivity index (χ0v) is 9.06. The van der Waals surface area contributed by atoms with Crippen molar-refractivity contribution < 1.29 is 14.3 Å². The van der Waals surface area contributed by atoms with E-state index in [1.54, 1.807) is 6.92 Å². The van der Waals surface area contributed by atoms with Crippen molar-refractivity contribution in [3.63, 3.8) is 0 Å². The van der Waals surface area contributed by atoms with Crippen molar-refractivity contribution in [1.29, 1.82) is 0 Å². The van der Waals surface area contributed by atoms with Crippen LogP contribution in [0.4, 0.5) is 0 Å². The first-order valence-electron chi connectivity index (χ1n) is 4.32. The van der Waals surface area contributed by atoms with Crippen LogP contribution in [-0.2, 0) is 0 Å². The molecule has 1 N–H and O–H groups in total. The number of carboxylic acids is 1. The van der Waals surface area contributed by atoms with E-state index >= 15 is 0 Å². The lowest BCUT2D eigenvalue weighted by Gasteiger charge is -2.00. The molecular formula is C9H7N3O3S. The minimum absolute atomic E-state index is 0.163. The second-order valence-electron chi connectivity index (χ2n) is 2.87. The van der Waals surface area contributed by atoms with E-state index in [1.807, 2.05) is 0 Å². The molecule has 0 saturated heterocycles. The summed E-state index contributed by atoms with van der Waals surface area (Å²) in [6.45, 7) is 1.67. The van der Waals surface area contributed by atoms with Crippen LogP contribution in [0.3, 0.4) is 0 Å². The van der Waals surface area contributed by atoms with E-state index in [0.29, 0.717) is 16.0 Å². The molecule has 6 nitrogen and oxygen atoms in total. The smallest absolute Gasteiger partial charge is 0.336 e. The van der Waals surface area contributed by atoms with Gasteiger partial charge in [-0.1, -0.05) is 0 Å². The Morgan fingerprint density at radius 2 is 2.31 bits per heavy atom. The summed E-state index contributed by atoms with van der Waals surface area (Å²) in [5.74, 6) is -0.579. The molecule has 7 heteroatoms. The van der Waals surface area contributed by atoms with Gasteiger partial charge in [-0.25, -0.2) is 4.79 Å². The molecule has 0 aromatic carbocycles. The fraction of sp³-hybridized carbons (Fsp3) is 0.111. The van der Waals surface area contributed by atoms with E-state index in [4.69, 9.17) is 9.52 Å². The fourth-order valence-electron chi connectivity index (χ4n) is 1.05. The molecular weight excluding hydrogens is 230 g/mol. The van der Waals surface area contributed by atoms with E-state index < -0.39 is 5.97 Å². The van der Waals surface area contributed by atoms with Crippen LogP contribution in [0.25, 0.3) is 0 Å². The summed E-state index contributed by atoms with van der Waals surface area (Å²) >= 11 is 1.08. The number of pyridine rings is 1. The van der Waals surface area contributed by atoms with Gasteiger partial charge in [0.05, 0.1) is 5.56 Å². The Labute approximate surface area is 94.7 Å². The molecule has 0 aliphatic rings. The molecule has 0 atom stereocenters. The van der Waals surface area contributed by atoms with Crippen LogP contribution < -0.4 is 0 Å². The third kappa shape index (κ3) is 2.19. The molecule has 82 valence electrons. The number of nitrogens with zero attached hydrogens (tertiary/aromatic N) is 3. The van der Waals surface area contributed by atoms with Crippen LogP contribution >= 0.6 is 11.8 Å². The van der Waals surface area contributed by atoms with Gasteiger partial charge in [-0.15, -0.1) is 10.2 Å². The molecule has 0 unspecified atom stereocenters. The Balaban J connectivity index is 2.31. The van der Waals surface area contributed by atoms with Crippen LogP contribution in [0, 0.1) is 6.92 Å². The van der Waals surface area contributed by atoms with Crippen LogP contribution in [0.2, 0.25) is 0 Å². The van der Waals surface area contributed by atoms with Gasteiger partial charge in [0.15, 0.2) is 0 Å². The van der Waals surface area contributed by atoms with E-state index in [2.05, 4.69) is 15.2 Å². The van der Waals surface area contributed by atoms with Gasteiger partial charge in [-0.05, 0) is 17.8 Å². The third-order valence-corrected chi connectivity index (χ3v) is 2.60. The fourth-order valence-corrected chi connectivity index (χ4v) is 1.86. The maximum absolute atomic E-state index is 10.9. The van der Waals surface area contributed by atoms with Gasteiger partial charge in [-0.2, -0.15) is 0 Å². The number of aromatic carboxylic acids is 1. The Hall–Kier alpha value is -1.89. The van der Waals surface area contributed by atoms with Crippen molar-refractivity contribution in [2.24, 2.45) is 0 Å². The summed E-state index contributed by atoms with van der Waals surface area (Å²) in [6.07, 6.45) is 2.88. The predicted octanol–water partition coefficient (Wildman–Crippen LogP) is 1.62. The molecule has 0 fully saturated rings. The van der Waals surface area contributed by atoms with Gasteiger partial charge >= 0.3 is 5.97 Å². The van der Waals surface area contributed by atoms with Gasteiger partial charge in [0.2, 0.25) is 5.89 Å². The topological polar surface area (TPSA) is 89.1 Å². The van der Waals surface area contributed by atoms with Gasteiger partial charge < -0.3 is 9.52 Å². The lowest BCUT2D eigenvalue weighted by atomic mass is 10.3. The normalized spacial score (nSPS) is 10.3. The van der Waals surface area contributed by atoms with Crippen LogP contribution in [0.15, 0.2) is 33.0 Å². The quantitative estimate of drug-likeness (QED) is 0.867. The van der Waals surface area contributed by atoms with Crippen LogP contribution in [0.5, 0.6) is 0 Å². The minimum atomic E-state index is -1.01. The molecule has 2 rings (SSSR count). The number of hydrogen-bond acceptors (Lipinski definition) is 6. The average molecular weight is 237 g/mol. The van der Waals surface area contributed by atoms with Crippen molar-refractivity contribution in [3.05, 3.63) is 29.9 Å². The average Bonchev–Trinajstić information content (AvgIpc) is 2.64. The monoisotopic (exact) mass is 237 g/mol. The number of rotatable bonds is 3. The highest BCUT2D eigenvalue weighted by Crippen LogP contribution is 2.28. The number of carboxylic acid groups (broad SMARTS) is 1. The molecule has 0 saturated carbocycles. The zero-order chi connectivity index (χ0) is 11.5. The molecule has 0 radical (unpaired) electrons. The summed E-state index contributed by atoms with van der Waals surface area (Å²) in [6, 6.07) is 1.42. The molecule has 16 heavy (non-hydrogen) atoms. The predicted molar refractivity (Wildman–Crippen MR) is 54.4 cm³/mol. The Kier molecular flexibility index (Phi) is 2.86. The van der Waals surface area contributed by atoms with Crippen molar-refractivity contribution in [3.8, 4) is 0 Å². The standard InChI is InChI=1S/C9H7N3O3S/c1-5-11-12-9(15-5)16-7-4-10-3-2-6(7)8(13)14/h2-4H,1H3,(H,13,14). The van der Waals surface area contributed by atoms with Crippen molar-refractivity contribution in [2.75, 3.05) is 0 Å². The second-order valence-corrected chi connectivity index (χ2v) is 3.86. The molecule has 2 heterocycles. The first-order chi connectivity index (χ1) is 7.66. The minimum Gasteiger partial charge on any atom is -0.478 e. The number of hydrogen-bond donors (Lipinski definition) is 1. The summed E-state index contributed by atoms with van der Waals surface area (Å²) < 4.78 is 5.14. The van der Waals surface area contributed by atoms with Crippen LogP contribution in [0.1, 0.15) is 16.2 Å². The molecule has 0 amide bonds. The number of aromatic nitrogens is 3. The zero-order valence-electron chi connectivity index (χ0n) is 8.25. The lowest BCUT2D eigenvalue weighted by molar-refractivity contribution is 0.0693. The molecule has 0 aliphatic carbocycles. The highest BCUT2D eigenvalue weighted by Gasteiger charge is 2.13. The largest absolute Gasteiger partial charge is 0.478 e. The Morgan fingerprint density at radius 3 is 2.94 bits per heavy atom. The van der Waals surface area contributed by atoms with Gasteiger partial charge in [0.1, 0.15) is 0 Å².